The number of rotatable bonds is 5. The van der Waals surface area contributed by atoms with E-state index in [2.05, 4.69) is 16.7 Å². The normalized spacial score (nSPS) is 15.0. The number of nitrogens with one attached hydrogen (secondary N) is 1. The van der Waals surface area contributed by atoms with Gasteiger partial charge >= 0.3 is 11.3 Å². The molecule has 1 aromatic heterocycles. The summed E-state index contributed by atoms with van der Waals surface area (Å²) in [6.45, 7) is 5.24. The molecule has 1 aliphatic heterocycles. The van der Waals surface area contributed by atoms with Crippen molar-refractivity contribution in [3.05, 3.63) is 89.2 Å². The molecule has 0 aliphatic carbocycles. The molecule has 1 N–H and O–H groups in total. The average Bonchev–Trinajstić information content (AvgIpc) is 2.76. The molecule has 6 nitrogen and oxygen atoms in total. The Morgan fingerprint density at radius 1 is 1.23 bits per heavy atom. The number of aromatic nitrogens is 3. The number of para-hydroxylation sites is 1. The smallest absolute Gasteiger partial charge is 0.291 e. The Bertz CT molecular complexity index is 1190. The Hall–Kier alpha value is -3.45. The minimum Gasteiger partial charge on any atom is -0.291 e. The van der Waals surface area contributed by atoms with E-state index in [1.165, 1.54) is 18.7 Å². The van der Waals surface area contributed by atoms with Crippen LogP contribution in [0, 0.1) is 0 Å². The fraction of sp³-hybridized carbons (Fsp3) is 0.130. The van der Waals surface area contributed by atoms with Gasteiger partial charge in [-0.05, 0) is 22.4 Å². The van der Waals surface area contributed by atoms with Crippen LogP contribution in [0.5, 0.6) is 0 Å². The number of fused-ring (bicyclic) bond motifs is 3. The number of thioether (sulfide) groups is 1. The molecular formula is C23H21N4O2S+. The number of aromatic amines is 1. The highest BCUT2D eigenvalue weighted by molar-refractivity contribution is 7.99. The summed E-state index contributed by atoms with van der Waals surface area (Å²) >= 11 is 1.38. The number of amides is 1. The Morgan fingerprint density at radius 3 is 2.70 bits per heavy atom. The van der Waals surface area contributed by atoms with Crippen molar-refractivity contribution in [2.24, 2.45) is 0 Å². The zero-order chi connectivity index (χ0) is 21.1. The monoisotopic (exact) mass is 417 g/mol. The van der Waals surface area contributed by atoms with E-state index in [4.69, 9.17) is 0 Å². The van der Waals surface area contributed by atoms with Crippen LogP contribution in [0.4, 0.5) is 5.69 Å². The summed E-state index contributed by atoms with van der Waals surface area (Å²) < 4.78 is 1.63. The van der Waals surface area contributed by atoms with E-state index in [1.54, 1.807) is 15.7 Å². The molecule has 3 aromatic rings. The van der Waals surface area contributed by atoms with Crippen LogP contribution in [0.25, 0.3) is 17.3 Å². The first kappa shape index (κ1) is 19.8. The fourth-order valence-electron chi connectivity index (χ4n) is 3.49. The van der Waals surface area contributed by atoms with E-state index in [0.29, 0.717) is 27.9 Å². The highest BCUT2D eigenvalue weighted by Gasteiger charge is 2.42. The third-order valence-corrected chi connectivity index (χ3v) is 5.59. The van der Waals surface area contributed by atoms with E-state index in [9.17, 15) is 9.59 Å². The molecule has 0 fully saturated rings. The Balaban J connectivity index is 1.93. The second-order valence-electron chi connectivity index (χ2n) is 6.74. The highest BCUT2D eigenvalue weighted by atomic mass is 32.2. The van der Waals surface area contributed by atoms with Gasteiger partial charge in [-0.3, -0.25) is 14.6 Å². The van der Waals surface area contributed by atoms with Gasteiger partial charge in [-0.2, -0.15) is 0 Å². The number of benzene rings is 2. The van der Waals surface area contributed by atoms with Gasteiger partial charge in [0, 0.05) is 23.9 Å². The highest BCUT2D eigenvalue weighted by Crippen LogP contribution is 2.35. The van der Waals surface area contributed by atoms with E-state index in [0.717, 1.165) is 5.56 Å². The molecule has 0 bridgehead atoms. The molecule has 0 unspecified atom stereocenters. The lowest BCUT2D eigenvalue weighted by Gasteiger charge is -2.29. The number of carbonyl (C=O) groups excluding carboxylic acids is 1. The molecule has 1 atom stereocenters. The number of H-pyrrole nitrogens is 1. The standard InChI is InChI=1S/C23H20N4O2S/c1-3-15-30-23-24-22(29)21-18-11-7-8-12-19(18)26(16(2)28)20(27(21)25-23)14-13-17-9-5-4-6-10-17/h3-14,20H,1,15H2,2H3/p+1/b14-13+/t20-/m0/s1. The summed E-state index contributed by atoms with van der Waals surface area (Å²) in [6.07, 6.45) is 5.01. The molecule has 4 rings (SSSR count). The first-order valence-electron chi connectivity index (χ1n) is 9.52. The third kappa shape index (κ3) is 3.71. The summed E-state index contributed by atoms with van der Waals surface area (Å²) in [5.41, 5.74) is 2.53. The Kier molecular flexibility index (Phi) is 5.63. The number of nitrogens with zero attached hydrogens (tertiary/aromatic N) is 3. The van der Waals surface area contributed by atoms with Gasteiger partial charge in [0.1, 0.15) is 0 Å². The maximum Gasteiger partial charge on any atom is 0.325 e. The lowest BCUT2D eigenvalue weighted by molar-refractivity contribution is -0.761. The van der Waals surface area contributed by atoms with Crippen molar-refractivity contribution in [1.29, 1.82) is 0 Å². The number of hydrogen-bond donors (Lipinski definition) is 1. The van der Waals surface area contributed by atoms with Crippen LogP contribution < -0.4 is 15.1 Å². The van der Waals surface area contributed by atoms with E-state index >= 15 is 0 Å². The van der Waals surface area contributed by atoms with Gasteiger partial charge in [-0.15, -0.1) is 6.58 Å². The minimum absolute atomic E-state index is 0.134. The van der Waals surface area contributed by atoms with Crippen molar-refractivity contribution >= 4 is 29.4 Å². The molecule has 0 radical (unpaired) electrons. The second kappa shape index (κ2) is 8.51. The van der Waals surface area contributed by atoms with Gasteiger partial charge in [0.15, 0.2) is 0 Å². The van der Waals surface area contributed by atoms with E-state index < -0.39 is 6.17 Å². The van der Waals surface area contributed by atoms with Crippen LogP contribution in [-0.4, -0.2) is 21.7 Å². The quantitative estimate of drug-likeness (QED) is 0.391. The molecule has 150 valence electrons. The molecule has 2 heterocycles. The fourth-order valence-corrected chi connectivity index (χ4v) is 4.08. The van der Waals surface area contributed by atoms with Crippen molar-refractivity contribution in [2.45, 2.75) is 18.2 Å². The van der Waals surface area contributed by atoms with Crippen LogP contribution in [0.15, 0.2) is 83.3 Å². The zero-order valence-electron chi connectivity index (χ0n) is 16.5. The minimum atomic E-state index is -0.571. The summed E-state index contributed by atoms with van der Waals surface area (Å²) in [6, 6.07) is 17.2. The van der Waals surface area contributed by atoms with Gasteiger partial charge in [-0.25, -0.2) is 4.90 Å². The summed E-state index contributed by atoms with van der Waals surface area (Å²) in [5, 5.41) is 5.14. The summed E-state index contributed by atoms with van der Waals surface area (Å²) in [7, 11) is 0. The van der Waals surface area contributed by atoms with Gasteiger partial charge in [0.25, 0.3) is 6.17 Å². The third-order valence-electron chi connectivity index (χ3n) is 4.73. The van der Waals surface area contributed by atoms with Crippen molar-refractivity contribution in [3.63, 3.8) is 0 Å². The van der Waals surface area contributed by atoms with Gasteiger partial charge < -0.3 is 0 Å². The van der Waals surface area contributed by atoms with Crippen molar-refractivity contribution in [1.82, 2.24) is 10.1 Å². The molecule has 0 saturated heterocycles. The van der Waals surface area contributed by atoms with Crippen LogP contribution in [0.1, 0.15) is 18.7 Å². The van der Waals surface area contributed by atoms with Crippen LogP contribution >= 0.6 is 11.8 Å². The maximum absolute atomic E-state index is 13.0. The van der Waals surface area contributed by atoms with Crippen LogP contribution in [0.2, 0.25) is 0 Å². The predicted molar refractivity (Wildman–Crippen MR) is 119 cm³/mol. The Labute approximate surface area is 178 Å². The van der Waals surface area contributed by atoms with Crippen molar-refractivity contribution in [2.75, 3.05) is 10.7 Å². The molecule has 7 heteroatoms. The zero-order valence-corrected chi connectivity index (χ0v) is 17.3. The number of carbonyl (C=O) groups is 1. The Morgan fingerprint density at radius 2 is 1.97 bits per heavy atom. The van der Waals surface area contributed by atoms with Gasteiger partial charge in [-0.1, -0.05) is 66.4 Å². The average molecular weight is 418 g/mol. The summed E-state index contributed by atoms with van der Waals surface area (Å²) in [4.78, 5) is 30.2. The lowest BCUT2D eigenvalue weighted by Crippen LogP contribution is -2.59. The molecule has 2 aromatic carbocycles. The molecular weight excluding hydrogens is 396 g/mol. The molecule has 1 amide bonds. The molecule has 30 heavy (non-hydrogen) atoms. The first-order valence-corrected chi connectivity index (χ1v) is 10.5. The van der Waals surface area contributed by atoms with Gasteiger partial charge in [0.2, 0.25) is 11.1 Å². The number of hydrogen-bond acceptors (Lipinski definition) is 4. The SMILES string of the molecule is C=CCSc1n[n+]2c(c(=O)[nH]1)-c1ccccc1N(C(C)=O)[C@@H]2/C=C/c1ccccc1. The topological polar surface area (TPSA) is 69.9 Å². The second-order valence-corrected chi connectivity index (χ2v) is 7.75. The van der Waals surface area contributed by atoms with Crippen molar-refractivity contribution < 1.29 is 9.48 Å². The van der Waals surface area contributed by atoms with Crippen LogP contribution in [-0.2, 0) is 4.79 Å². The number of anilines is 1. The largest absolute Gasteiger partial charge is 0.325 e. The van der Waals surface area contributed by atoms with Gasteiger partial charge in [0.05, 0.1) is 11.3 Å². The van der Waals surface area contributed by atoms with Crippen LogP contribution in [0.3, 0.4) is 0 Å². The van der Waals surface area contributed by atoms with E-state index in [-0.39, 0.29) is 11.5 Å². The maximum atomic E-state index is 13.0. The predicted octanol–water partition coefficient (Wildman–Crippen LogP) is 3.58. The van der Waals surface area contributed by atoms with E-state index in [1.807, 2.05) is 66.7 Å². The van der Waals surface area contributed by atoms with Crippen molar-refractivity contribution in [3.8, 4) is 11.3 Å². The summed E-state index contributed by atoms with van der Waals surface area (Å²) in [5.74, 6) is 0.477. The lowest BCUT2D eigenvalue weighted by atomic mass is 10.0. The molecule has 0 saturated carbocycles. The first-order chi connectivity index (χ1) is 14.6. The molecule has 1 aliphatic rings. The molecule has 0 spiro atoms.